The minimum absolute atomic E-state index is 0. The summed E-state index contributed by atoms with van der Waals surface area (Å²) in [5.41, 5.74) is 0. The van der Waals surface area contributed by atoms with Crippen molar-refractivity contribution in [1.29, 1.82) is 0 Å². The summed E-state index contributed by atoms with van der Waals surface area (Å²) in [7, 11) is -4.61. The van der Waals surface area contributed by atoms with Crippen molar-refractivity contribution in [2.75, 3.05) is 0 Å². The Labute approximate surface area is 74.5 Å². The Bertz CT molecular complexity index is 31.5. The third-order valence-electron chi connectivity index (χ3n) is 0. The van der Waals surface area contributed by atoms with Crippen LogP contribution >= 0.6 is 0 Å². The van der Waals surface area contributed by atoms with Gasteiger partial charge in [-0.3, -0.25) is 0 Å². The fourth-order valence-electron chi connectivity index (χ4n) is 0. The topological polar surface area (TPSA) is 80.9 Å². The van der Waals surface area contributed by atoms with Gasteiger partial charge in [-0.15, -0.1) is 0 Å². The van der Waals surface area contributed by atoms with Gasteiger partial charge in [-0.2, -0.15) is 0 Å². The zero-order valence-corrected chi connectivity index (χ0v) is 7.25. The smallest absolute Gasteiger partial charge is 1.00 e. The molecule has 0 aliphatic carbocycles. The summed E-state index contributed by atoms with van der Waals surface area (Å²) in [4.78, 5) is 29.3. The van der Waals surface area contributed by atoms with E-state index < -0.39 is 9.05 Å². The summed E-state index contributed by atoms with van der Waals surface area (Å²) in [6.45, 7) is 0. The van der Waals surface area contributed by atoms with Gasteiger partial charge in [0.1, 0.15) is 0 Å². The number of rotatable bonds is 0. The third-order valence-corrected chi connectivity index (χ3v) is 0. The van der Waals surface area contributed by atoms with E-state index in [0.717, 1.165) is 0 Å². The summed E-state index contributed by atoms with van der Waals surface area (Å²) in [6, 6.07) is 0. The van der Waals surface area contributed by atoms with Crippen LogP contribution in [0.15, 0.2) is 0 Å². The Morgan fingerprint density at radius 2 is 1.00 bits per heavy atom. The zero-order valence-electron chi connectivity index (χ0n) is 4.79. The molecule has 4 N–H and O–H groups in total. The Kier molecular flexibility index (Phi) is 12.8. The minimum atomic E-state index is -4.61. The molecule has 0 heterocycles. The molecule has 38 valence electrons. The van der Waals surface area contributed by atoms with Gasteiger partial charge in [-0.05, 0) is 0 Å². The fraction of sp³-hybridized carbons (Fsp3) is 0. The van der Waals surface area contributed by atoms with E-state index in [0.29, 0.717) is 0 Å². The van der Waals surface area contributed by atoms with Crippen LogP contribution in [0.1, 0.15) is 1.43 Å². The molecule has 7 heteroatoms. The Hall–Kier alpha value is 1.54. The Balaban J connectivity index is -0.0000000267. The molecule has 0 aromatic heterocycles. The van der Waals surface area contributed by atoms with Crippen molar-refractivity contribution in [3.63, 3.8) is 0 Å². The van der Waals surface area contributed by atoms with Gasteiger partial charge in [0.25, 0.3) is 0 Å². The van der Waals surface area contributed by atoms with E-state index in [1.165, 1.54) is 0 Å². The monoisotopic (exact) mass is 194 g/mol. The molecule has 7 heavy (non-hydrogen) atoms. The average molecular weight is 195 g/mol. The molecular formula is H5LiO4SiZr. The van der Waals surface area contributed by atoms with Crippen molar-refractivity contribution in [3.8, 4) is 0 Å². The van der Waals surface area contributed by atoms with Gasteiger partial charge in [0.15, 0.2) is 0 Å². The van der Waals surface area contributed by atoms with Crippen molar-refractivity contribution < 1.29 is 65.7 Å². The summed E-state index contributed by atoms with van der Waals surface area (Å²) < 4.78 is 0. The predicted molar refractivity (Wildman–Crippen MR) is 15.7 cm³/mol. The van der Waals surface area contributed by atoms with E-state index in [1.807, 2.05) is 0 Å². The molecular weight excluding hydrogens is 190 g/mol. The molecule has 0 amide bonds. The SMILES string of the molecule is O[Si](O)(O)O.[H-].[Li+].[Zr]. The molecule has 0 radical (unpaired) electrons. The zero-order chi connectivity index (χ0) is 4.50. The molecule has 0 aromatic rings. The molecule has 0 saturated heterocycles. The first-order valence-corrected chi connectivity index (χ1v) is 2.68. The molecule has 0 saturated carbocycles. The predicted octanol–water partition coefficient (Wildman–Crippen LogP) is -5.49. The molecule has 0 aliphatic rings. The van der Waals surface area contributed by atoms with Gasteiger partial charge in [-0.25, -0.2) is 0 Å². The molecule has 0 unspecified atom stereocenters. The van der Waals surface area contributed by atoms with Crippen LogP contribution in [-0.4, -0.2) is 28.2 Å². The second-order valence-electron chi connectivity index (χ2n) is 0.600. The molecule has 0 bridgehead atoms. The van der Waals surface area contributed by atoms with Crippen LogP contribution in [0.3, 0.4) is 0 Å². The van der Waals surface area contributed by atoms with E-state index >= 15 is 0 Å². The molecule has 0 fully saturated rings. The van der Waals surface area contributed by atoms with Crippen molar-refractivity contribution in [1.82, 2.24) is 0 Å². The summed E-state index contributed by atoms with van der Waals surface area (Å²) >= 11 is 0. The van der Waals surface area contributed by atoms with E-state index in [9.17, 15) is 0 Å². The quantitative estimate of drug-likeness (QED) is 0.291. The van der Waals surface area contributed by atoms with Crippen LogP contribution in [-0.2, 0) is 26.2 Å². The molecule has 0 spiro atoms. The minimum Gasteiger partial charge on any atom is -1.00 e. The van der Waals surface area contributed by atoms with E-state index in [4.69, 9.17) is 19.2 Å². The summed E-state index contributed by atoms with van der Waals surface area (Å²) in [6.07, 6.45) is 0. The van der Waals surface area contributed by atoms with Crippen LogP contribution in [0.4, 0.5) is 0 Å². The maximum Gasteiger partial charge on any atom is 1.00 e. The summed E-state index contributed by atoms with van der Waals surface area (Å²) in [5, 5.41) is 0. The maximum atomic E-state index is 7.33. The standard InChI is InChI=1S/Li.H4O4Si.Zr.H/c;1-5(2,3)4;;/h;1-4H;;/q+1;;;-1. The summed E-state index contributed by atoms with van der Waals surface area (Å²) in [5.74, 6) is 0. The van der Waals surface area contributed by atoms with E-state index in [1.54, 1.807) is 0 Å². The largest absolute Gasteiger partial charge is 1.00 e. The average Bonchev–Trinajstić information content (AvgIpc) is 0.722. The molecule has 0 atom stereocenters. The first-order chi connectivity index (χ1) is 2.00. The maximum absolute atomic E-state index is 7.33. The van der Waals surface area contributed by atoms with Gasteiger partial charge in [-0.1, -0.05) is 0 Å². The Morgan fingerprint density at radius 1 is 1.00 bits per heavy atom. The van der Waals surface area contributed by atoms with Crippen molar-refractivity contribution in [2.24, 2.45) is 0 Å². The molecule has 0 rings (SSSR count). The van der Waals surface area contributed by atoms with Gasteiger partial charge >= 0.3 is 27.9 Å². The van der Waals surface area contributed by atoms with Crippen LogP contribution in [0.25, 0.3) is 0 Å². The number of hydrogen-bond acceptors (Lipinski definition) is 4. The van der Waals surface area contributed by atoms with Crippen molar-refractivity contribution >= 4 is 9.05 Å². The second-order valence-corrected chi connectivity index (χ2v) is 1.80. The van der Waals surface area contributed by atoms with E-state index in [-0.39, 0.29) is 46.5 Å². The first-order valence-electron chi connectivity index (χ1n) is 0.894. The Morgan fingerprint density at radius 3 is 1.00 bits per heavy atom. The molecule has 0 aliphatic heterocycles. The van der Waals surface area contributed by atoms with Gasteiger partial charge < -0.3 is 20.6 Å². The van der Waals surface area contributed by atoms with Gasteiger partial charge in [0.2, 0.25) is 0 Å². The third kappa shape index (κ3) is 97.8. The van der Waals surface area contributed by atoms with Crippen LogP contribution in [0, 0.1) is 0 Å². The number of hydrogen-bond donors (Lipinski definition) is 4. The van der Waals surface area contributed by atoms with Crippen molar-refractivity contribution in [2.45, 2.75) is 0 Å². The van der Waals surface area contributed by atoms with Crippen LogP contribution in [0.5, 0.6) is 0 Å². The van der Waals surface area contributed by atoms with Crippen molar-refractivity contribution in [3.05, 3.63) is 0 Å². The van der Waals surface area contributed by atoms with Crippen LogP contribution in [0.2, 0.25) is 0 Å². The second kappa shape index (κ2) is 5.67. The molecule has 4 nitrogen and oxygen atoms in total. The van der Waals surface area contributed by atoms with E-state index in [2.05, 4.69) is 0 Å². The first kappa shape index (κ1) is 15.8. The molecule has 0 aromatic carbocycles. The van der Waals surface area contributed by atoms with Gasteiger partial charge in [0, 0.05) is 26.2 Å². The van der Waals surface area contributed by atoms with Crippen LogP contribution < -0.4 is 18.9 Å². The van der Waals surface area contributed by atoms with Gasteiger partial charge in [0.05, 0.1) is 0 Å². The normalized spacial score (nSPS) is 8.57. The fourth-order valence-corrected chi connectivity index (χ4v) is 0.